The van der Waals surface area contributed by atoms with E-state index in [2.05, 4.69) is 53.4 Å². The molecule has 49 heavy (non-hydrogen) atoms. The number of piperazine rings is 1. The molecule has 0 unspecified atom stereocenters. The van der Waals surface area contributed by atoms with Crippen molar-refractivity contribution < 1.29 is 19.1 Å². The van der Waals surface area contributed by atoms with Crippen molar-refractivity contribution in [3.05, 3.63) is 114 Å². The topological polar surface area (TPSA) is 80.1 Å². The molecule has 9 nitrogen and oxygen atoms in total. The molecule has 2 amide bonds. The fourth-order valence-electron chi connectivity index (χ4n) is 6.88. The Morgan fingerprint density at radius 1 is 0.878 bits per heavy atom. The van der Waals surface area contributed by atoms with Gasteiger partial charge >= 0.3 is 6.09 Å². The minimum absolute atomic E-state index is 0.0162. The molecular weight excluding hydrogens is 614 g/mol. The van der Waals surface area contributed by atoms with Crippen LogP contribution in [0.5, 0.6) is 0 Å². The number of carbonyl (C=O) groups is 2. The summed E-state index contributed by atoms with van der Waals surface area (Å²) in [5.41, 5.74) is 4.13. The summed E-state index contributed by atoms with van der Waals surface area (Å²) in [5.74, 6) is -0.0653. The number of benzene rings is 3. The maximum absolute atomic E-state index is 14.6. The monoisotopic (exact) mass is 663 g/mol. The van der Waals surface area contributed by atoms with Crippen LogP contribution in [0.15, 0.2) is 97.3 Å². The molecule has 0 radical (unpaired) electrons. The molecule has 2 aliphatic heterocycles. The SMILES string of the molecule is CC(C)(C)N(CCn1cnc(C(=O)N2CCN(Cc3ccccc3)C[C@H]2Cc2ccccc2)c1-c1ccccc1)C(=O)OC1CCOCC1. The van der Waals surface area contributed by atoms with Crippen LogP contribution in [-0.4, -0.2) is 93.3 Å². The number of hydrogen-bond donors (Lipinski definition) is 0. The summed E-state index contributed by atoms with van der Waals surface area (Å²) < 4.78 is 13.4. The summed E-state index contributed by atoms with van der Waals surface area (Å²) in [6.07, 6.45) is 3.46. The third-order valence-corrected chi connectivity index (χ3v) is 9.51. The van der Waals surface area contributed by atoms with E-state index in [-0.39, 0.29) is 24.1 Å². The van der Waals surface area contributed by atoms with E-state index < -0.39 is 5.54 Å². The molecule has 2 saturated heterocycles. The average Bonchev–Trinajstić information content (AvgIpc) is 3.53. The number of rotatable bonds is 10. The fourth-order valence-corrected chi connectivity index (χ4v) is 6.88. The van der Waals surface area contributed by atoms with Gasteiger partial charge in [-0.05, 0) is 38.3 Å². The van der Waals surface area contributed by atoms with Gasteiger partial charge in [-0.1, -0.05) is 91.0 Å². The van der Waals surface area contributed by atoms with Crippen LogP contribution in [0.4, 0.5) is 4.79 Å². The highest BCUT2D eigenvalue weighted by atomic mass is 16.6. The Kier molecular flexibility index (Phi) is 11.1. The molecule has 2 fully saturated rings. The molecule has 1 aromatic heterocycles. The van der Waals surface area contributed by atoms with Crippen LogP contribution in [0.1, 0.15) is 55.2 Å². The first kappa shape index (κ1) is 34.4. The lowest BCUT2D eigenvalue weighted by Crippen LogP contribution is -2.55. The number of nitrogens with zero attached hydrogens (tertiary/aromatic N) is 5. The molecule has 2 aliphatic rings. The van der Waals surface area contributed by atoms with Gasteiger partial charge in [-0.25, -0.2) is 9.78 Å². The average molecular weight is 664 g/mol. The summed E-state index contributed by atoms with van der Waals surface area (Å²) in [6.45, 7) is 11.1. The zero-order valence-electron chi connectivity index (χ0n) is 29.0. The summed E-state index contributed by atoms with van der Waals surface area (Å²) in [7, 11) is 0. The molecule has 0 saturated carbocycles. The van der Waals surface area contributed by atoms with Gasteiger partial charge in [0.15, 0.2) is 5.69 Å². The van der Waals surface area contributed by atoms with Crippen LogP contribution in [-0.2, 0) is 29.0 Å². The third-order valence-electron chi connectivity index (χ3n) is 9.51. The van der Waals surface area contributed by atoms with Crippen molar-refractivity contribution in [3.63, 3.8) is 0 Å². The minimum atomic E-state index is -0.460. The zero-order chi connectivity index (χ0) is 34.2. The highest BCUT2D eigenvalue weighted by Gasteiger charge is 2.35. The van der Waals surface area contributed by atoms with Crippen molar-refractivity contribution in [2.24, 2.45) is 0 Å². The molecule has 0 bridgehead atoms. The van der Waals surface area contributed by atoms with Crippen LogP contribution in [0.2, 0.25) is 0 Å². The van der Waals surface area contributed by atoms with Gasteiger partial charge in [0.05, 0.1) is 25.2 Å². The first-order chi connectivity index (χ1) is 23.8. The molecule has 0 aliphatic carbocycles. The number of imidazole rings is 1. The van der Waals surface area contributed by atoms with Crippen LogP contribution in [0.25, 0.3) is 11.3 Å². The van der Waals surface area contributed by atoms with E-state index in [0.29, 0.717) is 51.4 Å². The van der Waals surface area contributed by atoms with E-state index in [1.807, 2.05) is 72.7 Å². The van der Waals surface area contributed by atoms with Gasteiger partial charge in [0.25, 0.3) is 5.91 Å². The maximum atomic E-state index is 14.6. The smallest absolute Gasteiger partial charge is 0.410 e. The molecule has 0 N–H and O–H groups in total. The van der Waals surface area contributed by atoms with Gasteiger partial charge in [-0.2, -0.15) is 0 Å². The second-order valence-electron chi connectivity index (χ2n) is 14.1. The Morgan fingerprint density at radius 3 is 2.16 bits per heavy atom. The van der Waals surface area contributed by atoms with E-state index in [0.717, 1.165) is 37.3 Å². The Morgan fingerprint density at radius 2 is 1.51 bits per heavy atom. The Bertz CT molecular complexity index is 1650. The van der Waals surface area contributed by atoms with Gasteiger partial charge in [-0.3, -0.25) is 9.69 Å². The molecule has 3 aromatic carbocycles. The molecule has 3 heterocycles. The van der Waals surface area contributed by atoms with Crippen molar-refractivity contribution in [1.29, 1.82) is 0 Å². The lowest BCUT2D eigenvalue weighted by Gasteiger charge is -2.41. The number of ether oxygens (including phenoxy) is 2. The maximum Gasteiger partial charge on any atom is 0.410 e. The normalized spacial score (nSPS) is 17.5. The number of carbonyl (C=O) groups excluding carboxylic acids is 2. The molecule has 6 rings (SSSR count). The zero-order valence-corrected chi connectivity index (χ0v) is 29.0. The predicted molar refractivity (Wildman–Crippen MR) is 191 cm³/mol. The number of hydrogen-bond acceptors (Lipinski definition) is 6. The Hall–Kier alpha value is -4.47. The largest absolute Gasteiger partial charge is 0.446 e. The van der Waals surface area contributed by atoms with E-state index in [1.54, 1.807) is 11.2 Å². The minimum Gasteiger partial charge on any atom is -0.446 e. The Labute approximate surface area is 290 Å². The van der Waals surface area contributed by atoms with Crippen LogP contribution < -0.4 is 0 Å². The predicted octanol–water partition coefficient (Wildman–Crippen LogP) is 6.54. The summed E-state index contributed by atoms with van der Waals surface area (Å²) in [4.78, 5) is 39.1. The highest BCUT2D eigenvalue weighted by Crippen LogP contribution is 2.28. The van der Waals surface area contributed by atoms with Crippen LogP contribution >= 0.6 is 0 Å². The number of amides is 2. The van der Waals surface area contributed by atoms with Gasteiger partial charge < -0.3 is 23.8 Å². The van der Waals surface area contributed by atoms with Crippen molar-refractivity contribution >= 4 is 12.0 Å². The number of aromatic nitrogens is 2. The lowest BCUT2D eigenvalue weighted by atomic mass is 10.0. The molecule has 4 aromatic rings. The van der Waals surface area contributed by atoms with Gasteiger partial charge in [-0.15, -0.1) is 0 Å². The van der Waals surface area contributed by atoms with Gasteiger partial charge in [0, 0.05) is 69.3 Å². The summed E-state index contributed by atoms with van der Waals surface area (Å²) in [5, 5.41) is 0. The molecule has 1 atom stereocenters. The third kappa shape index (κ3) is 8.77. The van der Waals surface area contributed by atoms with E-state index in [9.17, 15) is 9.59 Å². The first-order valence-electron chi connectivity index (χ1n) is 17.5. The van der Waals surface area contributed by atoms with Crippen molar-refractivity contribution in [2.75, 3.05) is 39.4 Å². The standard InChI is InChI=1S/C40H49N5O4/c1-40(2,3)45(39(47)49-35-19-25-48-26-20-35)24-22-43-30-41-36(37(43)33-17-11-6-12-18-33)38(46)44-23-21-42(28-32-15-9-5-10-16-32)29-34(44)27-31-13-7-4-8-14-31/h4-18,30,34-35H,19-29H2,1-3H3/t34-/m1/s1. The summed E-state index contributed by atoms with van der Waals surface area (Å²) in [6, 6.07) is 30.9. The van der Waals surface area contributed by atoms with E-state index >= 15 is 0 Å². The van der Waals surface area contributed by atoms with Crippen molar-refractivity contribution in [1.82, 2.24) is 24.3 Å². The van der Waals surface area contributed by atoms with E-state index in [4.69, 9.17) is 14.5 Å². The molecular formula is C40H49N5O4. The molecule has 0 spiro atoms. The van der Waals surface area contributed by atoms with Crippen molar-refractivity contribution in [3.8, 4) is 11.3 Å². The van der Waals surface area contributed by atoms with Crippen LogP contribution in [0.3, 0.4) is 0 Å². The Balaban J connectivity index is 1.25. The van der Waals surface area contributed by atoms with Crippen molar-refractivity contribution in [2.45, 2.75) is 70.8 Å². The van der Waals surface area contributed by atoms with E-state index in [1.165, 1.54) is 11.1 Å². The fraction of sp³-hybridized carbons (Fsp3) is 0.425. The second-order valence-corrected chi connectivity index (χ2v) is 14.1. The van der Waals surface area contributed by atoms with Crippen LogP contribution in [0, 0.1) is 0 Å². The second kappa shape index (κ2) is 15.8. The quantitative estimate of drug-likeness (QED) is 0.192. The van der Waals surface area contributed by atoms with Gasteiger partial charge in [0.1, 0.15) is 6.10 Å². The molecule has 258 valence electrons. The highest BCUT2D eigenvalue weighted by molar-refractivity contribution is 5.98. The summed E-state index contributed by atoms with van der Waals surface area (Å²) >= 11 is 0. The van der Waals surface area contributed by atoms with Gasteiger partial charge in [0.2, 0.25) is 0 Å². The first-order valence-corrected chi connectivity index (χ1v) is 17.5. The molecule has 9 heteroatoms. The lowest BCUT2D eigenvalue weighted by molar-refractivity contribution is -0.0194.